The molecule has 1 aromatic rings. The molecule has 0 aliphatic rings. The fourth-order valence-electron chi connectivity index (χ4n) is 0.504. The quantitative estimate of drug-likeness (QED) is 0.577. The van der Waals surface area contributed by atoms with Gasteiger partial charge in [0, 0.05) is 11.3 Å². The lowest BCUT2D eigenvalue weighted by Gasteiger charge is -1.83. The molecule has 0 amide bonds. The zero-order valence-electron chi connectivity index (χ0n) is 7.02. The number of H-pyrrole nitrogens is 1. The van der Waals surface area contributed by atoms with Crippen molar-refractivity contribution in [3.63, 3.8) is 0 Å². The fraction of sp³-hybridized carbons (Fsp3) is 0.571. The Morgan fingerprint density at radius 3 is 1.90 bits per heavy atom. The van der Waals surface area contributed by atoms with E-state index >= 15 is 0 Å². The summed E-state index contributed by atoms with van der Waals surface area (Å²) in [5.41, 5.74) is 7.49. The Hall–Kier alpha value is -0.990. The average molecular weight is 141 g/mol. The molecule has 0 saturated carbocycles. The molecule has 0 spiro atoms. The lowest BCUT2D eigenvalue weighted by Crippen LogP contribution is -1.85. The van der Waals surface area contributed by atoms with Crippen molar-refractivity contribution in [1.29, 1.82) is 0 Å². The second kappa shape index (κ2) is 3.93. The maximum absolute atomic E-state index is 5.40. The Balaban J connectivity index is 0.000000371. The number of nitrogens with one attached hydrogen (secondary N) is 1. The van der Waals surface area contributed by atoms with E-state index in [0.717, 1.165) is 11.3 Å². The van der Waals surface area contributed by atoms with E-state index in [2.05, 4.69) is 10.2 Å². The van der Waals surface area contributed by atoms with E-state index in [4.69, 9.17) is 5.73 Å². The van der Waals surface area contributed by atoms with E-state index in [1.54, 1.807) is 0 Å². The lowest BCUT2D eigenvalue weighted by molar-refractivity contribution is 1.05. The number of anilines is 1. The number of nitrogens with zero attached hydrogens (tertiary/aromatic N) is 1. The standard InChI is InChI=1S/C5H9N3.C2H6/c1-3-4(2)7-8-5(3)6;1-2/h1-2H3,(H3,6,7,8);1-2H3. The van der Waals surface area contributed by atoms with Gasteiger partial charge < -0.3 is 5.73 Å². The largest absolute Gasteiger partial charge is 0.382 e. The second-order valence-corrected chi connectivity index (χ2v) is 1.86. The van der Waals surface area contributed by atoms with Gasteiger partial charge in [-0.05, 0) is 13.8 Å². The van der Waals surface area contributed by atoms with Crippen molar-refractivity contribution < 1.29 is 0 Å². The van der Waals surface area contributed by atoms with Crippen molar-refractivity contribution in [2.45, 2.75) is 27.7 Å². The number of aromatic nitrogens is 2. The Morgan fingerprint density at radius 2 is 1.80 bits per heavy atom. The molecule has 0 atom stereocenters. The van der Waals surface area contributed by atoms with E-state index in [9.17, 15) is 0 Å². The topological polar surface area (TPSA) is 54.7 Å². The smallest absolute Gasteiger partial charge is 0.148 e. The Labute approximate surface area is 61.6 Å². The molecule has 0 aliphatic heterocycles. The van der Waals surface area contributed by atoms with Crippen LogP contribution < -0.4 is 5.73 Å². The molecule has 0 radical (unpaired) electrons. The van der Waals surface area contributed by atoms with Gasteiger partial charge in [-0.25, -0.2) is 0 Å². The summed E-state index contributed by atoms with van der Waals surface area (Å²) in [5, 5.41) is 6.53. The summed E-state index contributed by atoms with van der Waals surface area (Å²) in [6.45, 7) is 7.88. The Kier molecular flexibility index (Phi) is 3.54. The Morgan fingerprint density at radius 1 is 1.30 bits per heavy atom. The van der Waals surface area contributed by atoms with Gasteiger partial charge in [-0.15, -0.1) is 0 Å². The number of aromatic amines is 1. The van der Waals surface area contributed by atoms with Crippen molar-refractivity contribution in [3.8, 4) is 0 Å². The van der Waals surface area contributed by atoms with E-state index in [1.165, 1.54) is 0 Å². The third kappa shape index (κ3) is 1.76. The van der Waals surface area contributed by atoms with Crippen molar-refractivity contribution in [3.05, 3.63) is 11.3 Å². The predicted molar refractivity (Wildman–Crippen MR) is 43.8 cm³/mol. The number of nitrogen functional groups attached to an aromatic ring is 1. The van der Waals surface area contributed by atoms with Gasteiger partial charge in [0.05, 0.1) is 0 Å². The van der Waals surface area contributed by atoms with E-state index in [0.29, 0.717) is 5.82 Å². The molecule has 0 bridgehead atoms. The summed E-state index contributed by atoms with van der Waals surface area (Å²) in [4.78, 5) is 0. The molecule has 3 heteroatoms. The van der Waals surface area contributed by atoms with Crippen LogP contribution in [0.25, 0.3) is 0 Å². The number of nitrogens with two attached hydrogens (primary N) is 1. The van der Waals surface area contributed by atoms with Crippen LogP contribution >= 0.6 is 0 Å². The van der Waals surface area contributed by atoms with Crippen LogP contribution in [0.3, 0.4) is 0 Å². The molecule has 3 N–H and O–H groups in total. The Bertz CT molecular complexity index is 171. The maximum atomic E-state index is 5.40. The predicted octanol–water partition coefficient (Wildman–Crippen LogP) is 1.63. The van der Waals surface area contributed by atoms with Crippen LogP contribution in [0.5, 0.6) is 0 Å². The first-order valence-corrected chi connectivity index (χ1v) is 3.49. The first-order valence-electron chi connectivity index (χ1n) is 3.49. The summed E-state index contributed by atoms with van der Waals surface area (Å²) < 4.78 is 0. The van der Waals surface area contributed by atoms with Gasteiger partial charge in [0.15, 0.2) is 0 Å². The van der Waals surface area contributed by atoms with Gasteiger partial charge in [-0.1, -0.05) is 13.8 Å². The van der Waals surface area contributed by atoms with Crippen LogP contribution in [-0.2, 0) is 0 Å². The van der Waals surface area contributed by atoms with Crippen molar-refractivity contribution in [1.82, 2.24) is 10.2 Å². The van der Waals surface area contributed by atoms with Gasteiger partial charge in [0.1, 0.15) is 5.82 Å². The first-order chi connectivity index (χ1) is 4.72. The molecule has 58 valence electrons. The fourth-order valence-corrected chi connectivity index (χ4v) is 0.504. The molecule has 1 aromatic heterocycles. The monoisotopic (exact) mass is 141 g/mol. The minimum absolute atomic E-state index is 0.600. The van der Waals surface area contributed by atoms with Crippen molar-refractivity contribution in [2.75, 3.05) is 5.73 Å². The SMILES string of the molecule is CC.Cc1[nH]nc(N)c1C. The van der Waals surface area contributed by atoms with Crippen LogP contribution in [0.2, 0.25) is 0 Å². The molecule has 1 rings (SSSR count). The van der Waals surface area contributed by atoms with Gasteiger partial charge in [0.25, 0.3) is 0 Å². The van der Waals surface area contributed by atoms with Crippen LogP contribution in [0.15, 0.2) is 0 Å². The van der Waals surface area contributed by atoms with Gasteiger partial charge in [0.2, 0.25) is 0 Å². The molecular formula is C7H15N3. The lowest BCUT2D eigenvalue weighted by atomic mass is 10.3. The molecule has 0 saturated heterocycles. The van der Waals surface area contributed by atoms with Crippen molar-refractivity contribution >= 4 is 5.82 Å². The highest BCUT2D eigenvalue weighted by molar-refractivity contribution is 5.39. The van der Waals surface area contributed by atoms with Crippen molar-refractivity contribution in [2.24, 2.45) is 0 Å². The summed E-state index contributed by atoms with van der Waals surface area (Å²) >= 11 is 0. The minimum Gasteiger partial charge on any atom is -0.382 e. The van der Waals surface area contributed by atoms with E-state index in [1.807, 2.05) is 27.7 Å². The van der Waals surface area contributed by atoms with Gasteiger partial charge in [-0.2, -0.15) is 5.10 Å². The van der Waals surface area contributed by atoms with Crippen LogP contribution in [-0.4, -0.2) is 10.2 Å². The molecule has 0 aliphatic carbocycles. The second-order valence-electron chi connectivity index (χ2n) is 1.86. The summed E-state index contributed by atoms with van der Waals surface area (Å²) in [7, 11) is 0. The maximum Gasteiger partial charge on any atom is 0.148 e. The number of hydrogen-bond donors (Lipinski definition) is 2. The van der Waals surface area contributed by atoms with E-state index in [-0.39, 0.29) is 0 Å². The molecule has 1 heterocycles. The van der Waals surface area contributed by atoms with Crippen LogP contribution in [0.1, 0.15) is 25.1 Å². The third-order valence-corrected chi connectivity index (χ3v) is 1.29. The molecular weight excluding hydrogens is 126 g/mol. The number of hydrogen-bond acceptors (Lipinski definition) is 2. The molecule has 0 unspecified atom stereocenters. The summed E-state index contributed by atoms with van der Waals surface area (Å²) in [6, 6.07) is 0. The third-order valence-electron chi connectivity index (χ3n) is 1.29. The first kappa shape index (κ1) is 9.01. The summed E-state index contributed by atoms with van der Waals surface area (Å²) in [6.07, 6.45) is 0. The highest BCUT2D eigenvalue weighted by Gasteiger charge is 1.97. The summed E-state index contributed by atoms with van der Waals surface area (Å²) in [5.74, 6) is 0.600. The number of aryl methyl sites for hydroxylation is 1. The van der Waals surface area contributed by atoms with E-state index < -0.39 is 0 Å². The molecule has 0 fully saturated rings. The molecule has 0 aromatic carbocycles. The highest BCUT2D eigenvalue weighted by atomic mass is 15.2. The molecule has 10 heavy (non-hydrogen) atoms. The highest BCUT2D eigenvalue weighted by Crippen LogP contribution is 2.07. The molecule has 3 nitrogen and oxygen atoms in total. The average Bonchev–Trinajstić information content (AvgIpc) is 2.25. The van der Waals surface area contributed by atoms with Crippen LogP contribution in [0.4, 0.5) is 5.82 Å². The zero-order valence-corrected chi connectivity index (χ0v) is 7.02. The van der Waals surface area contributed by atoms with Gasteiger partial charge in [-0.3, -0.25) is 5.10 Å². The van der Waals surface area contributed by atoms with Crippen LogP contribution in [0, 0.1) is 13.8 Å². The number of rotatable bonds is 0. The normalized spacial score (nSPS) is 8.40. The minimum atomic E-state index is 0.600. The zero-order chi connectivity index (χ0) is 8.15. The van der Waals surface area contributed by atoms with Gasteiger partial charge >= 0.3 is 0 Å².